The van der Waals surface area contributed by atoms with Crippen LogP contribution in [-0.4, -0.2) is 29.4 Å². The molecular weight excluding hydrogens is 392 g/mol. The molecule has 1 unspecified atom stereocenters. The molecule has 0 spiro atoms. The summed E-state index contributed by atoms with van der Waals surface area (Å²) in [7, 11) is 0. The molecule has 5 heteroatoms. The molecule has 0 saturated carbocycles. The summed E-state index contributed by atoms with van der Waals surface area (Å²) >= 11 is 0. The summed E-state index contributed by atoms with van der Waals surface area (Å²) in [6, 6.07) is 0. The number of amidine groups is 1. The van der Waals surface area contributed by atoms with Crippen molar-refractivity contribution in [2.24, 2.45) is 15.7 Å². The molecule has 4 nitrogen and oxygen atoms in total. The maximum Gasteiger partial charge on any atom is 0.187 e. The normalized spacial score (nSPS) is 18.4. The van der Waals surface area contributed by atoms with E-state index in [1.807, 2.05) is 6.34 Å². The van der Waals surface area contributed by atoms with Gasteiger partial charge in [-0.3, -0.25) is 5.73 Å². The van der Waals surface area contributed by atoms with Gasteiger partial charge < -0.3 is 4.90 Å². The summed E-state index contributed by atoms with van der Waals surface area (Å²) in [6.07, 6.45) is 26.0. The van der Waals surface area contributed by atoms with Crippen LogP contribution in [0.15, 0.2) is 9.98 Å². The van der Waals surface area contributed by atoms with Crippen molar-refractivity contribution >= 4 is 24.6 Å². The molecule has 0 bridgehead atoms. The molecule has 0 aromatic rings. The Morgan fingerprint density at radius 3 is 1.57 bits per heavy atom. The van der Waals surface area contributed by atoms with Gasteiger partial charge in [-0.05, 0) is 6.42 Å². The number of hydrogen-bond acceptors (Lipinski definition) is 4. The Balaban J connectivity index is 0.00000841. The lowest BCUT2D eigenvalue weighted by Gasteiger charge is -2.38. The molecule has 0 saturated heterocycles. The van der Waals surface area contributed by atoms with E-state index in [1.54, 1.807) is 0 Å². The topological polar surface area (TPSA) is 54.0 Å². The number of hydrogen-bond donors (Lipinski definition) is 1. The zero-order chi connectivity index (χ0) is 21.2. The van der Waals surface area contributed by atoms with Gasteiger partial charge in [-0.15, -0.1) is 12.4 Å². The SMILES string of the molecule is CCCCCCCCCCCCCCCCCCN1C=NC(CC)=NC1(N)CC.Cl. The van der Waals surface area contributed by atoms with Gasteiger partial charge in [0.2, 0.25) is 0 Å². The fraction of sp³-hybridized carbons (Fsp3) is 0.920. The predicted molar refractivity (Wildman–Crippen MR) is 137 cm³/mol. The molecule has 1 rings (SSSR count). The van der Waals surface area contributed by atoms with Crippen LogP contribution < -0.4 is 5.73 Å². The molecule has 30 heavy (non-hydrogen) atoms. The van der Waals surface area contributed by atoms with Gasteiger partial charge >= 0.3 is 0 Å². The molecule has 0 aliphatic carbocycles. The summed E-state index contributed by atoms with van der Waals surface area (Å²) < 4.78 is 0. The Morgan fingerprint density at radius 2 is 1.17 bits per heavy atom. The summed E-state index contributed by atoms with van der Waals surface area (Å²) in [5, 5.41) is 0. The van der Waals surface area contributed by atoms with E-state index in [-0.39, 0.29) is 12.4 Å². The lowest BCUT2D eigenvalue weighted by Crippen LogP contribution is -2.56. The second-order valence-corrected chi connectivity index (χ2v) is 8.85. The third kappa shape index (κ3) is 12.9. The number of rotatable bonds is 19. The van der Waals surface area contributed by atoms with Crippen LogP contribution >= 0.6 is 12.4 Å². The highest BCUT2D eigenvalue weighted by Crippen LogP contribution is 2.20. The average Bonchev–Trinajstić information content (AvgIpc) is 2.74. The summed E-state index contributed by atoms with van der Waals surface area (Å²) in [5.74, 6) is 0.292. The zero-order valence-electron chi connectivity index (χ0n) is 20.3. The fourth-order valence-electron chi connectivity index (χ4n) is 4.09. The Labute approximate surface area is 194 Å². The molecule has 0 fully saturated rings. The smallest absolute Gasteiger partial charge is 0.187 e. The molecule has 1 heterocycles. The molecular formula is C25H51ClN4. The Kier molecular flexibility index (Phi) is 18.7. The Bertz CT molecular complexity index is 452. The minimum absolute atomic E-state index is 0. The van der Waals surface area contributed by atoms with E-state index >= 15 is 0 Å². The van der Waals surface area contributed by atoms with Crippen molar-refractivity contribution < 1.29 is 0 Å². The lowest BCUT2D eigenvalue weighted by molar-refractivity contribution is 0.180. The number of halogens is 1. The van der Waals surface area contributed by atoms with Crippen LogP contribution in [-0.2, 0) is 0 Å². The van der Waals surface area contributed by atoms with Crippen LogP contribution in [0, 0.1) is 0 Å². The van der Waals surface area contributed by atoms with Gasteiger partial charge in [-0.25, -0.2) is 9.98 Å². The van der Waals surface area contributed by atoms with Gasteiger partial charge in [0.15, 0.2) is 5.79 Å². The van der Waals surface area contributed by atoms with Gasteiger partial charge in [0.25, 0.3) is 0 Å². The number of nitrogens with two attached hydrogens (primary N) is 1. The first-order chi connectivity index (χ1) is 14.2. The van der Waals surface area contributed by atoms with Crippen molar-refractivity contribution in [2.45, 2.75) is 142 Å². The first-order valence-electron chi connectivity index (χ1n) is 12.8. The van der Waals surface area contributed by atoms with Gasteiger partial charge in [0, 0.05) is 19.4 Å². The Hall–Kier alpha value is -0.610. The second-order valence-electron chi connectivity index (χ2n) is 8.85. The van der Waals surface area contributed by atoms with Crippen molar-refractivity contribution in [2.75, 3.05) is 6.54 Å². The second kappa shape index (κ2) is 19.1. The van der Waals surface area contributed by atoms with Gasteiger partial charge in [0.05, 0.1) is 6.34 Å². The van der Waals surface area contributed by atoms with E-state index < -0.39 is 5.79 Å². The quantitative estimate of drug-likeness (QED) is 0.207. The molecule has 1 aliphatic heterocycles. The molecule has 0 amide bonds. The number of aliphatic imine (C=N–C) groups is 2. The van der Waals surface area contributed by atoms with Crippen LogP contribution in [0.1, 0.15) is 136 Å². The van der Waals surface area contributed by atoms with Crippen molar-refractivity contribution in [1.82, 2.24) is 4.90 Å². The first-order valence-corrected chi connectivity index (χ1v) is 12.8. The summed E-state index contributed by atoms with van der Waals surface area (Å²) in [6.45, 7) is 7.44. The predicted octanol–water partition coefficient (Wildman–Crippen LogP) is 7.84. The monoisotopic (exact) mass is 442 g/mol. The van der Waals surface area contributed by atoms with Crippen molar-refractivity contribution in [3.8, 4) is 0 Å². The largest absolute Gasteiger partial charge is 0.326 e. The number of nitrogens with zero attached hydrogens (tertiary/aromatic N) is 3. The Morgan fingerprint density at radius 1 is 0.733 bits per heavy atom. The molecule has 2 N–H and O–H groups in total. The van der Waals surface area contributed by atoms with E-state index in [0.29, 0.717) is 0 Å². The minimum atomic E-state index is -0.581. The van der Waals surface area contributed by atoms with Crippen molar-refractivity contribution in [1.29, 1.82) is 0 Å². The van der Waals surface area contributed by atoms with E-state index in [4.69, 9.17) is 5.73 Å². The van der Waals surface area contributed by atoms with Crippen molar-refractivity contribution in [3.63, 3.8) is 0 Å². The van der Waals surface area contributed by atoms with E-state index in [2.05, 4.69) is 35.7 Å². The molecule has 0 aromatic carbocycles. The van der Waals surface area contributed by atoms with Crippen LogP contribution in [0.4, 0.5) is 0 Å². The van der Waals surface area contributed by atoms with Crippen LogP contribution in [0.5, 0.6) is 0 Å². The van der Waals surface area contributed by atoms with E-state index in [0.717, 1.165) is 25.2 Å². The molecule has 1 atom stereocenters. The third-order valence-electron chi connectivity index (χ3n) is 6.26. The maximum atomic E-state index is 6.48. The summed E-state index contributed by atoms with van der Waals surface area (Å²) in [4.78, 5) is 11.2. The zero-order valence-corrected chi connectivity index (χ0v) is 21.2. The average molecular weight is 443 g/mol. The highest BCUT2D eigenvalue weighted by atomic mass is 35.5. The highest BCUT2D eigenvalue weighted by Gasteiger charge is 2.30. The van der Waals surface area contributed by atoms with E-state index in [1.165, 1.54) is 103 Å². The number of unbranched alkanes of at least 4 members (excludes halogenated alkanes) is 15. The maximum absolute atomic E-state index is 6.48. The van der Waals surface area contributed by atoms with E-state index in [9.17, 15) is 0 Å². The standard InChI is InChI=1S/C25H50N4.ClH/c1-4-7-8-9-10-11-12-13-14-15-16-17-18-19-20-21-22-29-23-27-24(5-2)28-25(29,26)6-3;/h23H,4-22,26H2,1-3H3;1H. The van der Waals surface area contributed by atoms with Crippen LogP contribution in [0.25, 0.3) is 0 Å². The highest BCUT2D eigenvalue weighted by molar-refractivity contribution is 5.90. The van der Waals surface area contributed by atoms with Crippen LogP contribution in [0.2, 0.25) is 0 Å². The third-order valence-corrected chi connectivity index (χ3v) is 6.26. The molecule has 0 radical (unpaired) electrons. The lowest BCUT2D eigenvalue weighted by atomic mass is 10.0. The molecule has 178 valence electrons. The molecule has 0 aromatic heterocycles. The van der Waals surface area contributed by atoms with Gasteiger partial charge in [-0.2, -0.15) is 0 Å². The van der Waals surface area contributed by atoms with Gasteiger partial charge in [-0.1, -0.05) is 117 Å². The first kappa shape index (κ1) is 29.4. The van der Waals surface area contributed by atoms with Crippen molar-refractivity contribution in [3.05, 3.63) is 0 Å². The van der Waals surface area contributed by atoms with Crippen LogP contribution in [0.3, 0.4) is 0 Å². The minimum Gasteiger partial charge on any atom is -0.326 e. The molecule has 1 aliphatic rings. The van der Waals surface area contributed by atoms with Gasteiger partial charge in [0.1, 0.15) is 5.84 Å². The fourth-order valence-corrected chi connectivity index (χ4v) is 4.09. The summed E-state index contributed by atoms with van der Waals surface area (Å²) in [5.41, 5.74) is 6.48.